The van der Waals surface area contributed by atoms with Crippen molar-refractivity contribution in [2.45, 2.75) is 12.8 Å². The molecule has 1 heterocycles. The van der Waals surface area contributed by atoms with Gasteiger partial charge in [0.15, 0.2) is 0 Å². The van der Waals surface area contributed by atoms with E-state index in [0.717, 1.165) is 5.56 Å². The van der Waals surface area contributed by atoms with Gasteiger partial charge in [0.05, 0.1) is 19.1 Å². The van der Waals surface area contributed by atoms with Crippen LogP contribution in [0, 0.1) is 0 Å². The number of aliphatic carboxylic acids is 1. The van der Waals surface area contributed by atoms with Gasteiger partial charge in [-0.1, -0.05) is 24.0 Å². The number of amides is 1. The summed E-state index contributed by atoms with van der Waals surface area (Å²) in [5, 5.41) is 8.69. The van der Waals surface area contributed by atoms with E-state index in [1.54, 1.807) is 38.5 Å². The molecule has 0 aromatic heterocycles. The predicted octanol–water partition coefficient (Wildman–Crippen LogP) is 2.77. The summed E-state index contributed by atoms with van der Waals surface area (Å²) in [6.07, 6.45) is 2.09. The molecular weight excluding hydrogens is 350 g/mol. The molecule has 2 rings (SSSR count). The van der Waals surface area contributed by atoms with Crippen molar-refractivity contribution in [2.24, 2.45) is 0 Å². The highest BCUT2D eigenvalue weighted by atomic mass is 32.2. The summed E-state index contributed by atoms with van der Waals surface area (Å²) in [5.41, 5.74) is 0.761. The van der Waals surface area contributed by atoms with Crippen LogP contribution in [0.1, 0.15) is 18.4 Å². The standard InChI is InChI=1S/C16H17NO5S2/c1-21-11-6-10(7-12(9-11)22-2)8-13-15(20)17(16(23)24-13)5-3-4-14(18)19/h6-9H,3-5H2,1-2H3,(H,18,19)/b13-8-. The highest BCUT2D eigenvalue weighted by Crippen LogP contribution is 2.34. The number of thioether (sulfide) groups is 1. The van der Waals surface area contributed by atoms with Crippen molar-refractivity contribution in [2.75, 3.05) is 20.8 Å². The smallest absolute Gasteiger partial charge is 0.303 e. The molecule has 0 atom stereocenters. The molecule has 1 amide bonds. The van der Waals surface area contributed by atoms with Crippen LogP contribution in [-0.2, 0) is 9.59 Å². The van der Waals surface area contributed by atoms with E-state index in [-0.39, 0.29) is 12.3 Å². The summed E-state index contributed by atoms with van der Waals surface area (Å²) < 4.78 is 10.9. The Labute approximate surface area is 149 Å². The Balaban J connectivity index is 2.17. The van der Waals surface area contributed by atoms with E-state index in [0.29, 0.717) is 33.7 Å². The van der Waals surface area contributed by atoms with Crippen molar-refractivity contribution < 1.29 is 24.2 Å². The molecular formula is C16H17NO5S2. The summed E-state index contributed by atoms with van der Waals surface area (Å²) in [4.78, 5) is 25.0. The minimum atomic E-state index is -0.889. The molecule has 1 aliphatic heterocycles. The Kier molecular flexibility index (Phi) is 6.22. The number of hydrogen-bond donors (Lipinski definition) is 1. The minimum Gasteiger partial charge on any atom is -0.497 e. The predicted molar refractivity (Wildman–Crippen MR) is 96.3 cm³/mol. The van der Waals surface area contributed by atoms with Crippen molar-refractivity contribution >= 4 is 46.3 Å². The number of carboxylic acid groups (broad SMARTS) is 1. The topological polar surface area (TPSA) is 76.1 Å². The third kappa shape index (κ3) is 4.48. The number of benzene rings is 1. The highest BCUT2D eigenvalue weighted by molar-refractivity contribution is 8.26. The summed E-state index contributed by atoms with van der Waals surface area (Å²) in [7, 11) is 3.11. The zero-order valence-corrected chi connectivity index (χ0v) is 14.9. The quantitative estimate of drug-likeness (QED) is 0.586. The minimum absolute atomic E-state index is 0.00317. The Morgan fingerprint density at radius 2 is 1.92 bits per heavy atom. The monoisotopic (exact) mass is 367 g/mol. The van der Waals surface area contributed by atoms with E-state index in [2.05, 4.69) is 0 Å². The first-order valence-electron chi connectivity index (χ1n) is 7.15. The van der Waals surface area contributed by atoms with E-state index in [1.807, 2.05) is 0 Å². The number of carbonyl (C=O) groups is 2. The Hall–Kier alpha value is -2.06. The van der Waals surface area contributed by atoms with Crippen molar-refractivity contribution in [3.8, 4) is 11.5 Å². The van der Waals surface area contributed by atoms with Gasteiger partial charge in [-0.2, -0.15) is 0 Å². The van der Waals surface area contributed by atoms with Gasteiger partial charge >= 0.3 is 5.97 Å². The van der Waals surface area contributed by atoms with Gasteiger partial charge in [0.1, 0.15) is 15.8 Å². The highest BCUT2D eigenvalue weighted by Gasteiger charge is 2.31. The van der Waals surface area contributed by atoms with Crippen LogP contribution >= 0.6 is 24.0 Å². The molecule has 1 aromatic carbocycles. The fourth-order valence-corrected chi connectivity index (χ4v) is 3.45. The van der Waals surface area contributed by atoms with Gasteiger partial charge in [-0.15, -0.1) is 0 Å². The maximum atomic E-state index is 12.4. The number of ether oxygens (including phenoxy) is 2. The van der Waals surface area contributed by atoms with Gasteiger partial charge in [-0.05, 0) is 30.2 Å². The SMILES string of the molecule is COc1cc(/C=C2\SC(=S)N(CCCC(=O)O)C2=O)cc(OC)c1. The first kappa shape index (κ1) is 18.3. The van der Waals surface area contributed by atoms with Crippen LogP contribution in [0.2, 0.25) is 0 Å². The number of hydrogen-bond acceptors (Lipinski definition) is 6. The van der Waals surface area contributed by atoms with Gasteiger partial charge in [0.25, 0.3) is 5.91 Å². The molecule has 1 N–H and O–H groups in total. The Bertz CT molecular complexity index is 679. The lowest BCUT2D eigenvalue weighted by molar-refractivity contribution is -0.137. The average molecular weight is 367 g/mol. The molecule has 24 heavy (non-hydrogen) atoms. The maximum Gasteiger partial charge on any atom is 0.303 e. The van der Waals surface area contributed by atoms with E-state index in [9.17, 15) is 9.59 Å². The Morgan fingerprint density at radius 3 is 2.46 bits per heavy atom. The normalized spacial score (nSPS) is 15.9. The first-order valence-corrected chi connectivity index (χ1v) is 8.37. The van der Waals surface area contributed by atoms with Crippen molar-refractivity contribution in [1.29, 1.82) is 0 Å². The summed E-state index contributed by atoms with van der Waals surface area (Å²) in [6, 6.07) is 5.33. The molecule has 128 valence electrons. The van der Waals surface area contributed by atoms with Crippen LogP contribution in [-0.4, -0.2) is 47.0 Å². The fourth-order valence-electron chi connectivity index (χ4n) is 2.15. The van der Waals surface area contributed by atoms with Crippen molar-refractivity contribution in [1.82, 2.24) is 4.90 Å². The van der Waals surface area contributed by atoms with Crippen LogP contribution in [0.3, 0.4) is 0 Å². The second-order valence-electron chi connectivity index (χ2n) is 4.98. The number of methoxy groups -OCH3 is 2. The van der Waals surface area contributed by atoms with Crippen LogP contribution in [0.15, 0.2) is 23.1 Å². The lowest BCUT2D eigenvalue weighted by Crippen LogP contribution is -2.29. The molecule has 6 nitrogen and oxygen atoms in total. The zero-order valence-electron chi connectivity index (χ0n) is 13.3. The lowest BCUT2D eigenvalue weighted by atomic mass is 10.2. The summed E-state index contributed by atoms with van der Waals surface area (Å²) in [6.45, 7) is 0.301. The number of nitrogens with zero attached hydrogens (tertiary/aromatic N) is 1. The summed E-state index contributed by atoms with van der Waals surface area (Å²) >= 11 is 6.42. The first-order chi connectivity index (χ1) is 11.4. The number of carbonyl (C=O) groups excluding carboxylic acids is 1. The van der Waals surface area contributed by atoms with Gasteiger partial charge in [-0.25, -0.2) is 0 Å². The van der Waals surface area contributed by atoms with Crippen molar-refractivity contribution in [3.05, 3.63) is 28.7 Å². The van der Waals surface area contributed by atoms with Gasteiger partial charge in [-0.3, -0.25) is 14.5 Å². The molecule has 0 aliphatic carbocycles. The van der Waals surface area contributed by atoms with Gasteiger partial charge < -0.3 is 14.6 Å². The largest absolute Gasteiger partial charge is 0.497 e. The maximum absolute atomic E-state index is 12.4. The number of carboxylic acids is 1. The second-order valence-corrected chi connectivity index (χ2v) is 6.65. The van der Waals surface area contributed by atoms with Crippen LogP contribution in [0.5, 0.6) is 11.5 Å². The summed E-state index contributed by atoms with van der Waals surface area (Å²) in [5.74, 6) is 0.145. The van der Waals surface area contributed by atoms with E-state index >= 15 is 0 Å². The third-order valence-electron chi connectivity index (χ3n) is 3.32. The van der Waals surface area contributed by atoms with Crippen LogP contribution in [0.4, 0.5) is 0 Å². The molecule has 0 radical (unpaired) electrons. The lowest BCUT2D eigenvalue weighted by Gasteiger charge is -2.13. The third-order valence-corrected chi connectivity index (χ3v) is 4.70. The molecule has 0 saturated carbocycles. The molecule has 0 bridgehead atoms. The second kappa shape index (κ2) is 8.16. The number of thiocarbonyl (C=S) groups is 1. The molecule has 1 aromatic rings. The molecule has 8 heteroatoms. The average Bonchev–Trinajstić information content (AvgIpc) is 2.81. The van der Waals surface area contributed by atoms with Gasteiger partial charge in [0, 0.05) is 19.0 Å². The van der Waals surface area contributed by atoms with E-state index in [4.69, 9.17) is 26.8 Å². The van der Waals surface area contributed by atoms with Crippen molar-refractivity contribution in [3.63, 3.8) is 0 Å². The number of rotatable bonds is 7. The van der Waals surface area contributed by atoms with Crippen LogP contribution in [0.25, 0.3) is 6.08 Å². The van der Waals surface area contributed by atoms with Gasteiger partial charge in [0.2, 0.25) is 0 Å². The molecule has 1 fully saturated rings. The zero-order chi connectivity index (χ0) is 17.7. The Morgan fingerprint density at radius 1 is 1.29 bits per heavy atom. The van der Waals surface area contributed by atoms with E-state index in [1.165, 1.54) is 16.7 Å². The molecule has 1 saturated heterocycles. The molecule has 1 aliphatic rings. The molecule has 0 unspecified atom stereocenters. The fraction of sp³-hybridized carbons (Fsp3) is 0.312. The molecule has 0 spiro atoms. The van der Waals surface area contributed by atoms with Crippen LogP contribution < -0.4 is 9.47 Å². The van der Waals surface area contributed by atoms with E-state index < -0.39 is 5.97 Å².